The van der Waals surface area contributed by atoms with E-state index in [0.717, 1.165) is 37.4 Å². The maximum atomic E-state index is 5.84. The topological polar surface area (TPSA) is 45.4 Å². The molecule has 3 rings (SSSR count). The first-order chi connectivity index (χ1) is 9.65. The van der Waals surface area contributed by atoms with Crippen molar-refractivity contribution in [1.29, 1.82) is 0 Å². The smallest absolute Gasteiger partial charge is 0.0743 e. The minimum Gasteiger partial charge on any atom is -0.399 e. The van der Waals surface area contributed by atoms with Crippen LogP contribution in [0, 0.1) is 0 Å². The fraction of sp³-hybridized carbons (Fsp3) is 0.438. The number of hydrogen-bond acceptors (Lipinski definition) is 4. The van der Waals surface area contributed by atoms with Gasteiger partial charge in [-0.15, -0.1) is 0 Å². The lowest BCUT2D eigenvalue weighted by Gasteiger charge is -2.38. The van der Waals surface area contributed by atoms with Gasteiger partial charge in [0.2, 0.25) is 0 Å². The number of nitrogens with two attached hydrogens (primary N) is 1. The molecule has 1 aliphatic heterocycles. The Bertz CT molecular complexity index is 600. The molecule has 2 heterocycles. The van der Waals surface area contributed by atoms with Gasteiger partial charge in [-0.2, -0.15) is 0 Å². The van der Waals surface area contributed by atoms with Crippen molar-refractivity contribution in [3.63, 3.8) is 0 Å². The Hall–Kier alpha value is -1.81. The monoisotopic (exact) mass is 270 g/mol. The van der Waals surface area contributed by atoms with Crippen LogP contribution in [0.2, 0.25) is 0 Å². The fourth-order valence-electron chi connectivity index (χ4n) is 2.91. The quantitative estimate of drug-likeness (QED) is 0.851. The van der Waals surface area contributed by atoms with Crippen LogP contribution < -0.4 is 10.6 Å². The summed E-state index contributed by atoms with van der Waals surface area (Å²) in [5.41, 5.74) is 8.87. The molecule has 1 aliphatic rings. The summed E-state index contributed by atoms with van der Waals surface area (Å²) in [7, 11) is 0. The van der Waals surface area contributed by atoms with Crippen LogP contribution >= 0.6 is 0 Å². The summed E-state index contributed by atoms with van der Waals surface area (Å²) in [6.07, 6.45) is 1.88. The standard InChI is InChI=1S/C16H22N4/c1-12(2)19-7-9-20(10-8-19)16-5-6-18-15-11-13(17)3-4-14(15)16/h3-6,11-12H,7-10,17H2,1-2H3. The lowest BCUT2D eigenvalue weighted by molar-refractivity contribution is 0.209. The van der Waals surface area contributed by atoms with Crippen molar-refractivity contribution in [3.05, 3.63) is 30.5 Å². The predicted octanol–water partition coefficient (Wildman–Crippen LogP) is 2.35. The second-order valence-corrected chi connectivity index (χ2v) is 5.72. The Morgan fingerprint density at radius 2 is 1.85 bits per heavy atom. The first kappa shape index (κ1) is 13.2. The summed E-state index contributed by atoms with van der Waals surface area (Å²) < 4.78 is 0. The van der Waals surface area contributed by atoms with Crippen LogP contribution in [0.1, 0.15) is 13.8 Å². The van der Waals surface area contributed by atoms with Gasteiger partial charge in [0, 0.05) is 55.2 Å². The maximum absolute atomic E-state index is 5.84. The molecular formula is C16H22N4. The average molecular weight is 270 g/mol. The van der Waals surface area contributed by atoms with Crippen molar-refractivity contribution in [2.75, 3.05) is 36.8 Å². The third-order valence-electron chi connectivity index (χ3n) is 4.13. The van der Waals surface area contributed by atoms with Crippen molar-refractivity contribution in [2.24, 2.45) is 0 Å². The minimum atomic E-state index is 0.631. The molecule has 0 bridgehead atoms. The highest BCUT2D eigenvalue weighted by Crippen LogP contribution is 2.27. The molecule has 1 aromatic heterocycles. The molecule has 4 heteroatoms. The van der Waals surface area contributed by atoms with E-state index in [2.05, 4.69) is 40.8 Å². The van der Waals surface area contributed by atoms with Gasteiger partial charge in [-0.3, -0.25) is 9.88 Å². The number of nitrogens with zero attached hydrogens (tertiary/aromatic N) is 3. The molecule has 1 aromatic carbocycles. The van der Waals surface area contributed by atoms with E-state index in [4.69, 9.17) is 5.73 Å². The van der Waals surface area contributed by atoms with E-state index in [1.165, 1.54) is 11.1 Å². The highest BCUT2D eigenvalue weighted by molar-refractivity contribution is 5.93. The van der Waals surface area contributed by atoms with Gasteiger partial charge >= 0.3 is 0 Å². The van der Waals surface area contributed by atoms with E-state index in [9.17, 15) is 0 Å². The number of aromatic nitrogens is 1. The highest BCUT2D eigenvalue weighted by Gasteiger charge is 2.20. The lowest BCUT2D eigenvalue weighted by Crippen LogP contribution is -2.48. The molecular weight excluding hydrogens is 248 g/mol. The largest absolute Gasteiger partial charge is 0.399 e. The van der Waals surface area contributed by atoms with Gasteiger partial charge in [-0.05, 0) is 38.1 Å². The van der Waals surface area contributed by atoms with Crippen molar-refractivity contribution >= 4 is 22.3 Å². The molecule has 0 amide bonds. The highest BCUT2D eigenvalue weighted by atomic mass is 15.3. The third-order valence-corrected chi connectivity index (χ3v) is 4.13. The molecule has 4 nitrogen and oxygen atoms in total. The maximum Gasteiger partial charge on any atom is 0.0743 e. The molecule has 0 saturated carbocycles. The second kappa shape index (κ2) is 5.29. The zero-order chi connectivity index (χ0) is 14.1. The van der Waals surface area contributed by atoms with E-state index in [1.54, 1.807) is 0 Å². The number of benzene rings is 1. The number of hydrogen-bond donors (Lipinski definition) is 1. The first-order valence-corrected chi connectivity index (χ1v) is 7.28. The summed E-state index contributed by atoms with van der Waals surface area (Å²) >= 11 is 0. The predicted molar refractivity (Wildman–Crippen MR) is 85.1 cm³/mol. The summed E-state index contributed by atoms with van der Waals surface area (Å²) in [5, 5.41) is 1.19. The summed E-state index contributed by atoms with van der Waals surface area (Å²) in [5.74, 6) is 0. The Kier molecular flexibility index (Phi) is 3.49. The van der Waals surface area contributed by atoms with Crippen LogP contribution in [0.4, 0.5) is 11.4 Å². The van der Waals surface area contributed by atoms with Gasteiger partial charge < -0.3 is 10.6 Å². The molecule has 0 radical (unpaired) electrons. The summed E-state index contributed by atoms with van der Waals surface area (Å²) in [6, 6.07) is 8.73. The SMILES string of the molecule is CC(C)N1CCN(c2ccnc3cc(N)ccc23)CC1. The van der Waals surface area contributed by atoms with Crippen molar-refractivity contribution in [2.45, 2.75) is 19.9 Å². The number of pyridine rings is 1. The van der Waals surface area contributed by atoms with Crippen molar-refractivity contribution in [3.8, 4) is 0 Å². The summed E-state index contributed by atoms with van der Waals surface area (Å²) in [6.45, 7) is 8.91. The normalized spacial score (nSPS) is 17.1. The Morgan fingerprint density at radius 3 is 2.55 bits per heavy atom. The van der Waals surface area contributed by atoms with E-state index in [1.807, 2.05) is 18.3 Å². The number of piperazine rings is 1. The fourth-order valence-corrected chi connectivity index (χ4v) is 2.91. The molecule has 0 unspecified atom stereocenters. The first-order valence-electron chi connectivity index (χ1n) is 7.28. The zero-order valence-corrected chi connectivity index (χ0v) is 12.2. The van der Waals surface area contributed by atoms with Gasteiger partial charge in [0.25, 0.3) is 0 Å². The van der Waals surface area contributed by atoms with E-state index >= 15 is 0 Å². The number of nitrogen functional groups attached to an aromatic ring is 1. The van der Waals surface area contributed by atoms with Gasteiger partial charge in [-0.25, -0.2) is 0 Å². The average Bonchev–Trinajstić information content (AvgIpc) is 2.46. The number of anilines is 2. The minimum absolute atomic E-state index is 0.631. The molecule has 0 spiro atoms. The Morgan fingerprint density at radius 1 is 1.10 bits per heavy atom. The van der Waals surface area contributed by atoms with E-state index in [-0.39, 0.29) is 0 Å². The number of fused-ring (bicyclic) bond motifs is 1. The van der Waals surface area contributed by atoms with Crippen LogP contribution in [0.5, 0.6) is 0 Å². The Balaban J connectivity index is 1.88. The van der Waals surface area contributed by atoms with Gasteiger partial charge in [-0.1, -0.05) is 0 Å². The van der Waals surface area contributed by atoms with Crippen molar-refractivity contribution < 1.29 is 0 Å². The van der Waals surface area contributed by atoms with Gasteiger partial charge in [0.15, 0.2) is 0 Å². The van der Waals surface area contributed by atoms with Gasteiger partial charge in [0.05, 0.1) is 5.52 Å². The third kappa shape index (κ3) is 2.43. The van der Waals surface area contributed by atoms with Crippen LogP contribution in [0.15, 0.2) is 30.5 Å². The molecule has 1 fully saturated rings. The molecule has 20 heavy (non-hydrogen) atoms. The van der Waals surface area contributed by atoms with E-state index in [0.29, 0.717) is 6.04 Å². The molecule has 0 atom stereocenters. The molecule has 2 aromatic rings. The van der Waals surface area contributed by atoms with Crippen LogP contribution in [0.3, 0.4) is 0 Å². The second-order valence-electron chi connectivity index (χ2n) is 5.72. The molecule has 2 N–H and O–H groups in total. The van der Waals surface area contributed by atoms with Crippen LogP contribution in [-0.4, -0.2) is 42.1 Å². The zero-order valence-electron chi connectivity index (χ0n) is 12.2. The summed E-state index contributed by atoms with van der Waals surface area (Å²) in [4.78, 5) is 9.41. The van der Waals surface area contributed by atoms with Crippen LogP contribution in [0.25, 0.3) is 10.9 Å². The van der Waals surface area contributed by atoms with E-state index < -0.39 is 0 Å². The Labute approximate surface area is 120 Å². The lowest BCUT2D eigenvalue weighted by atomic mass is 10.1. The number of rotatable bonds is 2. The van der Waals surface area contributed by atoms with Crippen LogP contribution in [-0.2, 0) is 0 Å². The van der Waals surface area contributed by atoms with Crippen molar-refractivity contribution in [1.82, 2.24) is 9.88 Å². The molecule has 1 saturated heterocycles. The molecule has 0 aliphatic carbocycles. The molecule has 106 valence electrons. The van der Waals surface area contributed by atoms with Gasteiger partial charge in [0.1, 0.15) is 0 Å².